The number of methoxy groups -OCH3 is 1. The number of fused-ring (bicyclic) bond motifs is 2. The van der Waals surface area contributed by atoms with Crippen LogP contribution in [0.2, 0.25) is 5.02 Å². The molecule has 1 aliphatic heterocycles. The van der Waals surface area contributed by atoms with E-state index in [0.717, 1.165) is 27.6 Å². The molecule has 3 heterocycles. The SMILES string of the molecule is COC(=O)C1=C(C)N=c2sc(=Cc3cn(Cc4ccccc4Cl)c4ccccc34)c(=O)n2C1c1ccccc1. The Kier molecular flexibility index (Phi) is 6.54. The van der Waals surface area contributed by atoms with Gasteiger partial charge in [0.1, 0.15) is 0 Å². The minimum absolute atomic E-state index is 0.204. The van der Waals surface area contributed by atoms with Gasteiger partial charge < -0.3 is 9.30 Å². The Morgan fingerprint density at radius 2 is 1.77 bits per heavy atom. The molecule has 5 aromatic rings. The standard InChI is InChI=1S/C31H24ClN3O3S/c1-19-27(30(37)38-2)28(20-10-4-3-5-11-20)35-29(36)26(39-31(35)33-19)16-22-18-34(25-15-9-7-13-23(22)25)17-21-12-6-8-14-24(21)32/h3-16,18,28H,17H2,1-2H3. The van der Waals surface area contributed by atoms with Gasteiger partial charge in [-0.25, -0.2) is 9.79 Å². The van der Waals surface area contributed by atoms with Crippen molar-refractivity contribution in [2.75, 3.05) is 7.11 Å². The van der Waals surface area contributed by atoms with E-state index in [4.69, 9.17) is 16.3 Å². The molecule has 0 radical (unpaired) electrons. The molecule has 6 rings (SSSR count). The van der Waals surface area contributed by atoms with E-state index in [1.54, 1.807) is 11.5 Å². The summed E-state index contributed by atoms with van der Waals surface area (Å²) in [7, 11) is 1.34. The van der Waals surface area contributed by atoms with E-state index < -0.39 is 12.0 Å². The molecule has 1 aliphatic rings. The molecule has 0 fully saturated rings. The zero-order valence-corrected chi connectivity index (χ0v) is 22.9. The van der Waals surface area contributed by atoms with Crippen LogP contribution in [0.4, 0.5) is 0 Å². The number of allylic oxidation sites excluding steroid dienone is 1. The average molecular weight is 554 g/mol. The largest absolute Gasteiger partial charge is 0.466 e. The minimum Gasteiger partial charge on any atom is -0.466 e. The zero-order valence-electron chi connectivity index (χ0n) is 21.3. The minimum atomic E-state index is -0.626. The third kappa shape index (κ3) is 4.43. The van der Waals surface area contributed by atoms with Crippen LogP contribution >= 0.6 is 22.9 Å². The van der Waals surface area contributed by atoms with E-state index in [0.29, 0.717) is 32.2 Å². The molecule has 0 saturated carbocycles. The number of benzene rings is 3. The number of nitrogens with zero attached hydrogens (tertiary/aromatic N) is 3. The number of aromatic nitrogens is 2. The van der Waals surface area contributed by atoms with Gasteiger partial charge in [-0.05, 0) is 36.3 Å². The van der Waals surface area contributed by atoms with Crippen LogP contribution in [0.15, 0.2) is 106 Å². The zero-order chi connectivity index (χ0) is 27.1. The number of thiazole rings is 1. The summed E-state index contributed by atoms with van der Waals surface area (Å²) < 4.78 is 9.37. The second-order valence-corrected chi connectivity index (χ2v) is 10.7. The maximum Gasteiger partial charge on any atom is 0.338 e. The summed E-state index contributed by atoms with van der Waals surface area (Å²) in [6.45, 7) is 2.38. The van der Waals surface area contributed by atoms with E-state index in [1.165, 1.54) is 18.4 Å². The van der Waals surface area contributed by atoms with Crippen molar-refractivity contribution in [3.05, 3.63) is 138 Å². The fourth-order valence-electron chi connectivity index (χ4n) is 5.12. The molecule has 3 aromatic carbocycles. The van der Waals surface area contributed by atoms with Gasteiger partial charge in [0.25, 0.3) is 5.56 Å². The highest BCUT2D eigenvalue weighted by Gasteiger charge is 2.32. The summed E-state index contributed by atoms with van der Waals surface area (Å²) in [5.74, 6) is -0.498. The van der Waals surface area contributed by atoms with Crippen LogP contribution in [-0.4, -0.2) is 22.2 Å². The van der Waals surface area contributed by atoms with Crippen molar-refractivity contribution in [1.82, 2.24) is 9.13 Å². The Balaban J connectivity index is 1.53. The van der Waals surface area contributed by atoms with E-state index in [2.05, 4.69) is 15.6 Å². The summed E-state index contributed by atoms with van der Waals surface area (Å²) in [6.07, 6.45) is 3.96. The van der Waals surface area contributed by atoms with E-state index in [1.807, 2.05) is 85.1 Å². The first kappa shape index (κ1) is 25.1. The van der Waals surface area contributed by atoms with Crippen LogP contribution in [-0.2, 0) is 16.1 Å². The van der Waals surface area contributed by atoms with E-state index in [9.17, 15) is 9.59 Å². The van der Waals surface area contributed by atoms with Gasteiger partial charge in [0.05, 0.1) is 29.0 Å². The second kappa shape index (κ2) is 10.2. The highest BCUT2D eigenvalue weighted by molar-refractivity contribution is 7.07. The van der Waals surface area contributed by atoms with Gasteiger partial charge in [-0.1, -0.05) is 89.7 Å². The monoisotopic (exact) mass is 553 g/mol. The molecule has 0 bridgehead atoms. The van der Waals surface area contributed by atoms with Gasteiger partial charge >= 0.3 is 5.97 Å². The lowest BCUT2D eigenvalue weighted by Gasteiger charge is -2.24. The Morgan fingerprint density at radius 3 is 2.54 bits per heavy atom. The number of carbonyl (C=O) groups excluding carboxylic acids is 1. The van der Waals surface area contributed by atoms with Crippen molar-refractivity contribution in [2.24, 2.45) is 4.99 Å². The number of rotatable bonds is 5. The number of halogens is 1. The van der Waals surface area contributed by atoms with Crippen molar-refractivity contribution in [1.29, 1.82) is 0 Å². The number of ether oxygens (including phenoxy) is 1. The number of esters is 1. The molecule has 0 saturated heterocycles. The molecule has 2 aromatic heterocycles. The van der Waals surface area contributed by atoms with Crippen molar-refractivity contribution in [3.8, 4) is 0 Å². The number of hydrogen-bond donors (Lipinski definition) is 0. The summed E-state index contributed by atoms with van der Waals surface area (Å²) in [5.41, 5.74) is 4.49. The van der Waals surface area contributed by atoms with Crippen LogP contribution in [0.1, 0.15) is 29.7 Å². The summed E-state index contributed by atoms with van der Waals surface area (Å²) >= 11 is 7.77. The van der Waals surface area contributed by atoms with Crippen molar-refractivity contribution >= 4 is 45.9 Å². The second-order valence-electron chi connectivity index (χ2n) is 9.30. The van der Waals surface area contributed by atoms with Crippen molar-refractivity contribution in [2.45, 2.75) is 19.5 Å². The third-order valence-electron chi connectivity index (χ3n) is 6.95. The van der Waals surface area contributed by atoms with Crippen molar-refractivity contribution < 1.29 is 9.53 Å². The molecule has 8 heteroatoms. The van der Waals surface area contributed by atoms with Crippen LogP contribution in [0.25, 0.3) is 17.0 Å². The first-order chi connectivity index (χ1) is 19.0. The van der Waals surface area contributed by atoms with Gasteiger partial charge in [-0.15, -0.1) is 0 Å². The molecular weight excluding hydrogens is 530 g/mol. The fourth-order valence-corrected chi connectivity index (χ4v) is 6.35. The maximum atomic E-state index is 13.9. The smallest absolute Gasteiger partial charge is 0.338 e. The maximum absolute atomic E-state index is 13.9. The third-order valence-corrected chi connectivity index (χ3v) is 8.30. The molecule has 6 nitrogen and oxygen atoms in total. The molecule has 39 heavy (non-hydrogen) atoms. The van der Waals surface area contributed by atoms with Gasteiger partial charge in [0.2, 0.25) is 0 Å². The molecule has 1 atom stereocenters. The molecule has 0 aliphatic carbocycles. The molecule has 194 valence electrons. The molecular formula is C31H24ClN3O3S. The summed E-state index contributed by atoms with van der Waals surface area (Å²) in [5, 5.41) is 1.74. The van der Waals surface area contributed by atoms with Gasteiger partial charge in [0.15, 0.2) is 4.80 Å². The van der Waals surface area contributed by atoms with Crippen LogP contribution in [0.3, 0.4) is 0 Å². The summed E-state index contributed by atoms with van der Waals surface area (Å²) in [4.78, 5) is 32.0. The lowest BCUT2D eigenvalue weighted by molar-refractivity contribution is -0.136. The average Bonchev–Trinajstić information content (AvgIpc) is 3.45. The first-order valence-corrected chi connectivity index (χ1v) is 13.6. The Labute approximate surface area is 233 Å². The van der Waals surface area contributed by atoms with Gasteiger partial charge in [0, 0.05) is 34.2 Å². The number of para-hydroxylation sites is 1. The summed E-state index contributed by atoms with van der Waals surface area (Å²) in [6, 6.07) is 24.8. The first-order valence-electron chi connectivity index (χ1n) is 12.4. The Morgan fingerprint density at radius 1 is 1.05 bits per heavy atom. The molecule has 0 amide bonds. The van der Waals surface area contributed by atoms with E-state index >= 15 is 0 Å². The molecule has 1 unspecified atom stereocenters. The highest BCUT2D eigenvalue weighted by Crippen LogP contribution is 2.30. The normalized spacial score (nSPS) is 15.4. The Bertz CT molecular complexity index is 1950. The lowest BCUT2D eigenvalue weighted by atomic mass is 9.96. The van der Waals surface area contributed by atoms with Gasteiger partial charge in [-0.2, -0.15) is 0 Å². The fraction of sp³-hybridized carbons (Fsp3) is 0.129. The Hall–Kier alpha value is -4.20. The highest BCUT2D eigenvalue weighted by atomic mass is 35.5. The van der Waals surface area contributed by atoms with E-state index in [-0.39, 0.29) is 5.56 Å². The van der Waals surface area contributed by atoms with Gasteiger partial charge in [-0.3, -0.25) is 9.36 Å². The predicted octanol–water partition coefficient (Wildman–Crippen LogP) is 5.06. The molecule has 0 spiro atoms. The van der Waals surface area contributed by atoms with Crippen molar-refractivity contribution in [3.63, 3.8) is 0 Å². The lowest BCUT2D eigenvalue weighted by Crippen LogP contribution is -2.39. The molecule has 0 N–H and O–H groups in total. The quantitative estimate of drug-likeness (QED) is 0.286. The van der Waals surface area contributed by atoms with Crippen LogP contribution in [0, 0.1) is 0 Å². The number of hydrogen-bond acceptors (Lipinski definition) is 5. The predicted molar refractivity (Wildman–Crippen MR) is 155 cm³/mol. The van der Waals surface area contributed by atoms with Crippen LogP contribution in [0.5, 0.6) is 0 Å². The number of carbonyl (C=O) groups is 1. The topological polar surface area (TPSA) is 65.6 Å². The van der Waals surface area contributed by atoms with Crippen LogP contribution < -0.4 is 14.9 Å².